The van der Waals surface area contributed by atoms with E-state index in [1.54, 1.807) is 4.68 Å². The van der Waals surface area contributed by atoms with Crippen LogP contribution in [0.5, 0.6) is 0 Å². The average Bonchev–Trinajstić information content (AvgIpc) is 1.85. The Balaban J connectivity index is 3.14. The van der Waals surface area contributed by atoms with Crippen LogP contribution in [-0.2, 0) is 7.05 Å². The second-order valence-corrected chi connectivity index (χ2v) is 2.43. The first-order valence-electron chi connectivity index (χ1n) is 2.28. The molecule has 1 heterocycles. The number of hydrogen-bond acceptors (Lipinski definition) is 1. The number of halogens is 1. The standard InChI is InChI=1S/C5H6BrN2/c1-4-5(6)3-8(2)7-4/h1-2H3. The van der Waals surface area contributed by atoms with E-state index in [2.05, 4.69) is 27.2 Å². The van der Waals surface area contributed by atoms with Gasteiger partial charge in [0.05, 0.1) is 10.2 Å². The Morgan fingerprint density at radius 1 is 1.75 bits per heavy atom. The molecule has 0 aromatic carbocycles. The van der Waals surface area contributed by atoms with Crippen LogP contribution in [0.3, 0.4) is 0 Å². The van der Waals surface area contributed by atoms with Gasteiger partial charge in [-0.1, -0.05) is 0 Å². The normalized spacial score (nSPS) is 9.88. The lowest BCUT2D eigenvalue weighted by Crippen LogP contribution is -1.86. The highest BCUT2D eigenvalue weighted by atomic mass is 79.9. The van der Waals surface area contributed by atoms with E-state index < -0.39 is 0 Å². The summed E-state index contributed by atoms with van der Waals surface area (Å²) in [6.45, 7) is 1.93. The molecule has 0 aliphatic heterocycles. The second-order valence-electron chi connectivity index (χ2n) is 1.63. The van der Waals surface area contributed by atoms with Crippen LogP contribution in [0.15, 0.2) is 4.47 Å². The molecule has 0 fully saturated rings. The molecular weight excluding hydrogens is 168 g/mol. The maximum Gasteiger partial charge on any atom is 0.102 e. The lowest BCUT2D eigenvalue weighted by Gasteiger charge is -1.78. The van der Waals surface area contributed by atoms with Crippen LogP contribution in [0.1, 0.15) is 5.69 Å². The van der Waals surface area contributed by atoms with E-state index in [-0.39, 0.29) is 0 Å². The van der Waals surface area contributed by atoms with Crippen molar-refractivity contribution in [3.63, 3.8) is 0 Å². The Labute approximate surface area is 56.6 Å². The van der Waals surface area contributed by atoms with Crippen LogP contribution >= 0.6 is 15.9 Å². The van der Waals surface area contributed by atoms with Gasteiger partial charge in [0.1, 0.15) is 6.20 Å². The van der Waals surface area contributed by atoms with Gasteiger partial charge < -0.3 is 0 Å². The van der Waals surface area contributed by atoms with Crippen molar-refractivity contribution in [3.8, 4) is 0 Å². The van der Waals surface area contributed by atoms with Crippen molar-refractivity contribution in [2.75, 3.05) is 0 Å². The molecule has 0 aliphatic carbocycles. The summed E-state index contributed by atoms with van der Waals surface area (Å²) in [6, 6.07) is 0. The summed E-state index contributed by atoms with van der Waals surface area (Å²) >= 11 is 3.28. The summed E-state index contributed by atoms with van der Waals surface area (Å²) < 4.78 is 2.60. The van der Waals surface area contributed by atoms with E-state index in [9.17, 15) is 0 Å². The monoisotopic (exact) mass is 173 g/mol. The third kappa shape index (κ3) is 0.916. The highest BCUT2D eigenvalue weighted by Crippen LogP contribution is 2.10. The molecule has 2 nitrogen and oxygen atoms in total. The number of hydrogen-bond donors (Lipinski definition) is 0. The molecule has 1 aromatic rings. The first kappa shape index (κ1) is 5.82. The van der Waals surface area contributed by atoms with Gasteiger partial charge in [-0.2, -0.15) is 5.10 Å². The lowest BCUT2D eigenvalue weighted by molar-refractivity contribution is 0.751. The molecule has 0 saturated carbocycles. The Morgan fingerprint density at radius 3 is 2.50 bits per heavy atom. The first-order valence-corrected chi connectivity index (χ1v) is 3.08. The van der Waals surface area contributed by atoms with Crippen molar-refractivity contribution in [1.29, 1.82) is 0 Å². The highest BCUT2D eigenvalue weighted by Gasteiger charge is 1.96. The number of rotatable bonds is 0. The molecule has 43 valence electrons. The zero-order valence-electron chi connectivity index (χ0n) is 4.77. The van der Waals surface area contributed by atoms with E-state index in [1.807, 2.05) is 14.0 Å². The maximum atomic E-state index is 4.02. The van der Waals surface area contributed by atoms with Crippen molar-refractivity contribution in [1.82, 2.24) is 9.78 Å². The molecule has 1 rings (SSSR count). The first-order chi connectivity index (χ1) is 3.70. The molecule has 0 spiro atoms. The summed E-state index contributed by atoms with van der Waals surface area (Å²) in [4.78, 5) is 0. The van der Waals surface area contributed by atoms with Crippen molar-refractivity contribution < 1.29 is 0 Å². The van der Waals surface area contributed by atoms with Crippen molar-refractivity contribution in [2.45, 2.75) is 6.92 Å². The Kier molecular flexibility index (Phi) is 1.38. The highest BCUT2D eigenvalue weighted by molar-refractivity contribution is 9.10. The van der Waals surface area contributed by atoms with Crippen molar-refractivity contribution in [3.05, 3.63) is 16.4 Å². The molecule has 0 amide bonds. The predicted molar refractivity (Wildman–Crippen MR) is 34.5 cm³/mol. The van der Waals surface area contributed by atoms with E-state index in [0.29, 0.717) is 0 Å². The topological polar surface area (TPSA) is 17.8 Å². The van der Waals surface area contributed by atoms with Crippen LogP contribution in [0.25, 0.3) is 0 Å². The van der Waals surface area contributed by atoms with Crippen LogP contribution in [-0.4, -0.2) is 9.78 Å². The number of aryl methyl sites for hydroxylation is 2. The molecule has 0 aliphatic rings. The van der Waals surface area contributed by atoms with Gasteiger partial charge >= 0.3 is 0 Å². The fourth-order valence-corrected chi connectivity index (χ4v) is 0.853. The van der Waals surface area contributed by atoms with Gasteiger partial charge in [0.2, 0.25) is 0 Å². The molecule has 0 atom stereocenters. The number of nitrogens with zero attached hydrogens (tertiary/aromatic N) is 2. The molecular formula is C5H6BrN2. The van der Waals surface area contributed by atoms with E-state index in [1.165, 1.54) is 0 Å². The molecule has 1 aromatic heterocycles. The SMILES string of the molecule is Cc1nn(C)[c]c1Br. The second kappa shape index (κ2) is 1.90. The van der Waals surface area contributed by atoms with Crippen molar-refractivity contribution in [2.24, 2.45) is 7.05 Å². The predicted octanol–water partition coefficient (Wildman–Crippen LogP) is 1.29. The Hall–Kier alpha value is -0.310. The molecule has 0 N–H and O–H groups in total. The van der Waals surface area contributed by atoms with Gasteiger partial charge in [0, 0.05) is 7.05 Å². The fraction of sp³-hybridized carbons (Fsp3) is 0.400. The Morgan fingerprint density at radius 2 is 2.38 bits per heavy atom. The van der Waals surface area contributed by atoms with Gasteiger partial charge in [0.25, 0.3) is 0 Å². The molecule has 1 radical (unpaired) electrons. The molecule has 0 bridgehead atoms. The van der Waals surface area contributed by atoms with Gasteiger partial charge in [-0.05, 0) is 22.9 Å². The summed E-state index contributed by atoms with van der Waals surface area (Å²) in [5.74, 6) is 0. The van der Waals surface area contributed by atoms with Crippen LogP contribution < -0.4 is 0 Å². The zero-order valence-corrected chi connectivity index (χ0v) is 6.36. The van der Waals surface area contributed by atoms with Gasteiger partial charge in [-0.15, -0.1) is 0 Å². The van der Waals surface area contributed by atoms with Gasteiger partial charge in [-0.3, -0.25) is 4.68 Å². The lowest BCUT2D eigenvalue weighted by atomic mass is 10.5. The summed E-state index contributed by atoms with van der Waals surface area (Å²) in [7, 11) is 1.84. The third-order valence-corrected chi connectivity index (χ3v) is 1.63. The third-order valence-electron chi connectivity index (χ3n) is 0.878. The minimum absolute atomic E-state index is 0.944. The van der Waals surface area contributed by atoms with Gasteiger partial charge in [0.15, 0.2) is 0 Å². The van der Waals surface area contributed by atoms with E-state index >= 15 is 0 Å². The zero-order chi connectivity index (χ0) is 6.15. The summed E-state index contributed by atoms with van der Waals surface area (Å²) in [6.07, 6.45) is 2.93. The fourth-order valence-electron chi connectivity index (χ4n) is 0.517. The van der Waals surface area contributed by atoms with Crippen LogP contribution in [0, 0.1) is 13.1 Å². The largest absolute Gasteiger partial charge is 0.265 e. The van der Waals surface area contributed by atoms with Gasteiger partial charge in [-0.25, -0.2) is 0 Å². The summed E-state index contributed by atoms with van der Waals surface area (Å²) in [5, 5.41) is 4.02. The van der Waals surface area contributed by atoms with Crippen LogP contribution in [0.4, 0.5) is 0 Å². The quantitative estimate of drug-likeness (QED) is 0.579. The van der Waals surface area contributed by atoms with Crippen molar-refractivity contribution >= 4 is 15.9 Å². The smallest absolute Gasteiger partial charge is 0.102 e. The number of aromatic nitrogens is 2. The van der Waals surface area contributed by atoms with E-state index in [4.69, 9.17) is 0 Å². The summed E-state index contributed by atoms with van der Waals surface area (Å²) in [5.41, 5.74) is 0.979. The molecule has 0 saturated heterocycles. The molecule has 3 heteroatoms. The van der Waals surface area contributed by atoms with Crippen LogP contribution in [0.2, 0.25) is 0 Å². The molecule has 8 heavy (non-hydrogen) atoms. The van der Waals surface area contributed by atoms with E-state index in [0.717, 1.165) is 10.2 Å². The minimum atomic E-state index is 0.944. The maximum absolute atomic E-state index is 4.02. The molecule has 0 unspecified atom stereocenters. The minimum Gasteiger partial charge on any atom is -0.265 e. The Bertz CT molecular complexity index is 173. The average molecular weight is 174 g/mol.